The predicted molar refractivity (Wildman–Crippen MR) is 94.0 cm³/mol. The van der Waals surface area contributed by atoms with Crippen molar-refractivity contribution in [2.24, 2.45) is 0 Å². The number of rotatable bonds is 6. The second-order valence-electron chi connectivity index (χ2n) is 5.81. The summed E-state index contributed by atoms with van der Waals surface area (Å²) in [4.78, 5) is 8.04. The Hall–Kier alpha value is -2.39. The lowest BCUT2D eigenvalue weighted by Crippen LogP contribution is -2.44. The van der Waals surface area contributed by atoms with Crippen molar-refractivity contribution in [3.8, 4) is 17.4 Å². The van der Waals surface area contributed by atoms with Gasteiger partial charge in [0.05, 0.1) is 25.7 Å². The fourth-order valence-electron chi connectivity index (χ4n) is 2.86. The molecule has 1 saturated heterocycles. The zero-order valence-electron chi connectivity index (χ0n) is 14.7. The second kappa shape index (κ2) is 7.88. The van der Waals surface area contributed by atoms with E-state index < -0.39 is 10.0 Å². The van der Waals surface area contributed by atoms with Crippen LogP contribution in [0.25, 0.3) is 0 Å². The molecule has 0 aliphatic carbocycles. The van der Waals surface area contributed by atoms with Crippen LogP contribution >= 0.6 is 0 Å². The van der Waals surface area contributed by atoms with E-state index in [0.717, 1.165) is 6.42 Å². The van der Waals surface area contributed by atoms with Crippen LogP contribution in [0, 0.1) is 0 Å². The Labute approximate surface area is 152 Å². The molecule has 0 saturated carbocycles. The van der Waals surface area contributed by atoms with Gasteiger partial charge in [-0.25, -0.2) is 18.4 Å². The van der Waals surface area contributed by atoms with Gasteiger partial charge >= 0.3 is 0 Å². The van der Waals surface area contributed by atoms with Gasteiger partial charge in [0.1, 0.15) is 12.4 Å². The predicted octanol–water partition coefficient (Wildman–Crippen LogP) is 1.73. The Kier molecular flexibility index (Phi) is 5.58. The van der Waals surface area contributed by atoms with Gasteiger partial charge in [-0.1, -0.05) is 0 Å². The highest BCUT2D eigenvalue weighted by Gasteiger charge is 2.32. The summed E-state index contributed by atoms with van der Waals surface area (Å²) >= 11 is 0. The third-order valence-electron chi connectivity index (χ3n) is 4.18. The summed E-state index contributed by atoms with van der Waals surface area (Å²) in [6.45, 7) is 0.709. The SMILES string of the molecule is COc1ccc(S(=O)(=O)N2CCCC(Oc3ccncn3)C2)cc1OC. The van der Waals surface area contributed by atoms with E-state index in [0.29, 0.717) is 30.3 Å². The van der Waals surface area contributed by atoms with Crippen molar-refractivity contribution >= 4 is 10.0 Å². The number of sulfonamides is 1. The molecule has 0 bridgehead atoms. The molecule has 3 rings (SSSR count). The van der Waals surface area contributed by atoms with Crippen molar-refractivity contribution < 1.29 is 22.6 Å². The van der Waals surface area contributed by atoms with Gasteiger partial charge in [0.2, 0.25) is 15.9 Å². The number of benzene rings is 1. The molecule has 2 heterocycles. The fraction of sp³-hybridized carbons (Fsp3) is 0.412. The molecular formula is C17H21N3O5S. The average molecular weight is 379 g/mol. The number of hydrogen-bond acceptors (Lipinski definition) is 7. The van der Waals surface area contributed by atoms with Gasteiger partial charge < -0.3 is 14.2 Å². The van der Waals surface area contributed by atoms with Crippen LogP contribution < -0.4 is 14.2 Å². The number of nitrogens with zero attached hydrogens (tertiary/aromatic N) is 3. The largest absolute Gasteiger partial charge is 0.493 e. The van der Waals surface area contributed by atoms with E-state index in [9.17, 15) is 8.42 Å². The van der Waals surface area contributed by atoms with E-state index in [1.165, 1.54) is 37.0 Å². The molecule has 1 unspecified atom stereocenters. The Morgan fingerprint density at radius 2 is 1.96 bits per heavy atom. The number of piperidine rings is 1. The van der Waals surface area contributed by atoms with Crippen molar-refractivity contribution in [2.75, 3.05) is 27.3 Å². The van der Waals surface area contributed by atoms with Crippen molar-refractivity contribution in [1.29, 1.82) is 0 Å². The summed E-state index contributed by atoms with van der Waals surface area (Å²) in [7, 11) is -0.681. The minimum Gasteiger partial charge on any atom is -0.493 e. The maximum atomic E-state index is 13.0. The van der Waals surface area contributed by atoms with Crippen LogP contribution in [0.3, 0.4) is 0 Å². The Bertz CT molecular complexity index is 845. The molecule has 1 fully saturated rings. The molecule has 0 radical (unpaired) electrons. The topological polar surface area (TPSA) is 90.9 Å². The van der Waals surface area contributed by atoms with Crippen LogP contribution in [-0.2, 0) is 10.0 Å². The minimum absolute atomic E-state index is 0.165. The average Bonchev–Trinajstić information content (AvgIpc) is 2.68. The van der Waals surface area contributed by atoms with Gasteiger partial charge in [0, 0.05) is 24.9 Å². The summed E-state index contributed by atoms with van der Waals surface area (Å²) in [5, 5.41) is 0. The summed E-state index contributed by atoms with van der Waals surface area (Å²) in [6, 6.07) is 6.24. The summed E-state index contributed by atoms with van der Waals surface area (Å²) in [5.74, 6) is 1.30. The van der Waals surface area contributed by atoms with Crippen LogP contribution in [0.5, 0.6) is 17.4 Å². The third kappa shape index (κ3) is 3.88. The highest BCUT2D eigenvalue weighted by Crippen LogP contribution is 2.31. The van der Waals surface area contributed by atoms with Crippen molar-refractivity contribution in [2.45, 2.75) is 23.8 Å². The molecule has 0 amide bonds. The van der Waals surface area contributed by atoms with Crippen LogP contribution in [0.2, 0.25) is 0 Å². The van der Waals surface area contributed by atoms with E-state index in [-0.39, 0.29) is 17.5 Å². The van der Waals surface area contributed by atoms with E-state index in [4.69, 9.17) is 14.2 Å². The minimum atomic E-state index is -3.66. The highest BCUT2D eigenvalue weighted by molar-refractivity contribution is 7.89. The Morgan fingerprint density at radius 1 is 1.15 bits per heavy atom. The van der Waals surface area contributed by atoms with Gasteiger partial charge in [0.25, 0.3) is 0 Å². The maximum absolute atomic E-state index is 13.0. The van der Waals surface area contributed by atoms with Gasteiger partial charge in [-0.05, 0) is 25.0 Å². The van der Waals surface area contributed by atoms with Crippen molar-refractivity contribution in [3.05, 3.63) is 36.8 Å². The molecule has 1 aromatic heterocycles. The molecule has 1 aromatic carbocycles. The smallest absolute Gasteiger partial charge is 0.243 e. The molecule has 1 atom stereocenters. The Morgan fingerprint density at radius 3 is 2.65 bits per heavy atom. The van der Waals surface area contributed by atoms with Gasteiger partial charge in [0.15, 0.2) is 11.5 Å². The molecule has 1 aliphatic rings. The molecule has 2 aromatic rings. The molecule has 140 valence electrons. The highest BCUT2D eigenvalue weighted by atomic mass is 32.2. The van der Waals surface area contributed by atoms with E-state index >= 15 is 0 Å². The molecule has 8 nitrogen and oxygen atoms in total. The van der Waals surface area contributed by atoms with Crippen LogP contribution in [0.15, 0.2) is 41.7 Å². The monoisotopic (exact) mass is 379 g/mol. The van der Waals surface area contributed by atoms with E-state index in [1.807, 2.05) is 0 Å². The molecule has 26 heavy (non-hydrogen) atoms. The number of ether oxygens (including phenoxy) is 3. The zero-order valence-corrected chi connectivity index (χ0v) is 15.5. The number of methoxy groups -OCH3 is 2. The van der Waals surface area contributed by atoms with Crippen LogP contribution in [0.4, 0.5) is 0 Å². The van der Waals surface area contributed by atoms with E-state index in [2.05, 4.69) is 9.97 Å². The lowest BCUT2D eigenvalue weighted by atomic mass is 10.1. The van der Waals surface area contributed by atoms with Crippen LogP contribution in [-0.4, -0.2) is 56.1 Å². The van der Waals surface area contributed by atoms with E-state index in [1.54, 1.807) is 18.3 Å². The first-order chi connectivity index (χ1) is 12.5. The lowest BCUT2D eigenvalue weighted by molar-refractivity contribution is 0.124. The quantitative estimate of drug-likeness (QED) is 0.755. The van der Waals surface area contributed by atoms with Crippen LogP contribution in [0.1, 0.15) is 12.8 Å². The maximum Gasteiger partial charge on any atom is 0.243 e. The first-order valence-corrected chi connectivity index (χ1v) is 9.63. The van der Waals surface area contributed by atoms with Gasteiger partial charge in [-0.15, -0.1) is 0 Å². The molecule has 9 heteroatoms. The standard InChI is InChI=1S/C17H21N3O5S/c1-23-15-6-5-14(10-16(15)24-2)26(21,22)20-9-3-4-13(11-20)25-17-7-8-18-12-19-17/h5-8,10,12-13H,3-4,9,11H2,1-2H3. The zero-order chi connectivity index (χ0) is 18.6. The van der Waals surface area contributed by atoms with Crippen molar-refractivity contribution in [3.63, 3.8) is 0 Å². The van der Waals surface area contributed by atoms with Gasteiger partial charge in [-0.2, -0.15) is 4.31 Å². The number of hydrogen-bond donors (Lipinski definition) is 0. The van der Waals surface area contributed by atoms with Crippen molar-refractivity contribution in [1.82, 2.24) is 14.3 Å². The molecular weight excluding hydrogens is 358 g/mol. The molecule has 1 aliphatic heterocycles. The first kappa shape index (κ1) is 18.4. The molecule has 0 N–H and O–H groups in total. The number of aromatic nitrogens is 2. The second-order valence-corrected chi connectivity index (χ2v) is 7.75. The summed E-state index contributed by atoms with van der Waals surface area (Å²) < 4.78 is 43.6. The Balaban J connectivity index is 1.78. The summed E-state index contributed by atoms with van der Waals surface area (Å²) in [6.07, 6.45) is 4.21. The first-order valence-electron chi connectivity index (χ1n) is 8.19. The van der Waals surface area contributed by atoms with Gasteiger partial charge in [-0.3, -0.25) is 0 Å². The normalized spacial score (nSPS) is 18.3. The summed E-state index contributed by atoms with van der Waals surface area (Å²) in [5.41, 5.74) is 0. The molecule has 0 spiro atoms. The lowest BCUT2D eigenvalue weighted by Gasteiger charge is -2.31. The fourth-order valence-corrected chi connectivity index (χ4v) is 4.39. The third-order valence-corrected chi connectivity index (χ3v) is 6.04.